The largest absolute Gasteiger partial charge is 0.345 e. The summed E-state index contributed by atoms with van der Waals surface area (Å²) in [4.78, 5) is 13.4. The summed E-state index contributed by atoms with van der Waals surface area (Å²) in [6.45, 7) is 1.99. The Morgan fingerprint density at radius 1 is 1.24 bits per heavy atom. The first kappa shape index (κ1) is 14.1. The third kappa shape index (κ3) is 3.10. The maximum absolute atomic E-state index is 13.5. The summed E-state index contributed by atoms with van der Waals surface area (Å²) in [5.41, 5.74) is 2.64. The molecule has 0 fully saturated rings. The van der Waals surface area contributed by atoms with Gasteiger partial charge in [0.2, 0.25) is 0 Å². The molecule has 0 bridgehead atoms. The van der Waals surface area contributed by atoms with Gasteiger partial charge in [0.15, 0.2) is 0 Å². The highest BCUT2D eigenvalue weighted by atomic mass is 32.2. The van der Waals surface area contributed by atoms with Gasteiger partial charge in [0.1, 0.15) is 5.82 Å². The van der Waals surface area contributed by atoms with Crippen molar-refractivity contribution in [2.24, 2.45) is 0 Å². The lowest BCUT2D eigenvalue weighted by Gasteiger charge is -2.26. The van der Waals surface area contributed by atoms with Gasteiger partial charge in [-0.1, -0.05) is 17.7 Å². The second kappa shape index (κ2) is 5.90. The van der Waals surface area contributed by atoms with E-state index < -0.39 is 0 Å². The van der Waals surface area contributed by atoms with Crippen LogP contribution in [-0.4, -0.2) is 11.7 Å². The van der Waals surface area contributed by atoms with E-state index >= 15 is 0 Å². The van der Waals surface area contributed by atoms with Gasteiger partial charge < -0.3 is 5.32 Å². The molecule has 1 N–H and O–H groups in total. The summed E-state index contributed by atoms with van der Waals surface area (Å²) in [5.74, 6) is 0.560. The lowest BCUT2D eigenvalue weighted by Crippen LogP contribution is -2.30. The van der Waals surface area contributed by atoms with Crippen molar-refractivity contribution in [3.63, 3.8) is 0 Å². The molecule has 0 saturated heterocycles. The summed E-state index contributed by atoms with van der Waals surface area (Å²) in [7, 11) is 0. The van der Waals surface area contributed by atoms with E-state index in [-0.39, 0.29) is 17.8 Å². The van der Waals surface area contributed by atoms with Gasteiger partial charge >= 0.3 is 0 Å². The maximum Gasteiger partial charge on any atom is 0.251 e. The zero-order valence-corrected chi connectivity index (χ0v) is 12.5. The number of hydrogen-bond acceptors (Lipinski definition) is 2. The monoisotopic (exact) mass is 301 g/mol. The Morgan fingerprint density at radius 3 is 2.76 bits per heavy atom. The number of nitrogens with one attached hydrogen (secondary N) is 1. The molecule has 0 saturated carbocycles. The van der Waals surface area contributed by atoms with Gasteiger partial charge in [-0.05, 0) is 49.2 Å². The summed E-state index contributed by atoms with van der Waals surface area (Å²) in [5, 5.41) is 3.02. The van der Waals surface area contributed by atoms with E-state index in [0.717, 1.165) is 28.2 Å². The molecule has 0 aliphatic carbocycles. The normalized spacial score (nSPS) is 17.1. The van der Waals surface area contributed by atoms with Crippen LogP contribution in [0.4, 0.5) is 4.39 Å². The number of aryl methyl sites for hydroxylation is 1. The van der Waals surface area contributed by atoms with Gasteiger partial charge in [-0.15, -0.1) is 11.8 Å². The molecule has 0 aromatic heterocycles. The Balaban J connectivity index is 1.81. The number of fused-ring (bicyclic) bond motifs is 1. The molecule has 21 heavy (non-hydrogen) atoms. The number of halogens is 1. The molecule has 0 unspecified atom stereocenters. The number of benzene rings is 2. The Hall–Kier alpha value is -1.81. The average Bonchev–Trinajstić information content (AvgIpc) is 2.48. The van der Waals surface area contributed by atoms with E-state index in [1.165, 1.54) is 12.1 Å². The standard InChI is InChI=1S/C17H16FNOS/c1-11-2-4-12(5-3-11)17(20)19-15-8-9-21-16-7-6-13(18)10-14(15)16/h2-7,10,15H,8-9H2,1H3,(H,19,20)/t15-/m0/s1. The highest BCUT2D eigenvalue weighted by Gasteiger charge is 2.23. The van der Waals surface area contributed by atoms with Gasteiger partial charge in [0.05, 0.1) is 6.04 Å². The number of carbonyl (C=O) groups excluding carboxylic acids is 1. The topological polar surface area (TPSA) is 29.1 Å². The number of hydrogen-bond donors (Lipinski definition) is 1. The van der Waals surface area contributed by atoms with Crippen molar-refractivity contribution < 1.29 is 9.18 Å². The minimum Gasteiger partial charge on any atom is -0.345 e. The van der Waals surface area contributed by atoms with Gasteiger partial charge in [0.25, 0.3) is 5.91 Å². The van der Waals surface area contributed by atoms with Crippen molar-refractivity contribution in [3.8, 4) is 0 Å². The Bertz CT molecular complexity index is 669. The molecule has 4 heteroatoms. The number of thioether (sulfide) groups is 1. The minimum absolute atomic E-state index is 0.109. The van der Waals surface area contributed by atoms with Crippen LogP contribution in [0.2, 0.25) is 0 Å². The van der Waals surface area contributed by atoms with Gasteiger partial charge in [-0.3, -0.25) is 4.79 Å². The summed E-state index contributed by atoms with van der Waals surface area (Å²) >= 11 is 1.71. The third-order valence-corrected chi connectivity index (χ3v) is 4.75. The van der Waals surface area contributed by atoms with Gasteiger partial charge in [-0.25, -0.2) is 4.39 Å². The van der Waals surface area contributed by atoms with Crippen LogP contribution in [0.5, 0.6) is 0 Å². The van der Waals surface area contributed by atoms with E-state index in [2.05, 4.69) is 5.32 Å². The van der Waals surface area contributed by atoms with E-state index in [0.29, 0.717) is 5.56 Å². The zero-order chi connectivity index (χ0) is 14.8. The van der Waals surface area contributed by atoms with Crippen LogP contribution in [0.25, 0.3) is 0 Å². The van der Waals surface area contributed by atoms with Crippen LogP contribution in [0.1, 0.15) is 33.9 Å². The molecule has 2 nitrogen and oxygen atoms in total. The molecule has 1 atom stereocenters. The number of rotatable bonds is 2. The van der Waals surface area contributed by atoms with Crippen molar-refractivity contribution >= 4 is 17.7 Å². The van der Waals surface area contributed by atoms with E-state index in [4.69, 9.17) is 0 Å². The smallest absolute Gasteiger partial charge is 0.251 e. The predicted molar refractivity (Wildman–Crippen MR) is 83.1 cm³/mol. The van der Waals surface area contributed by atoms with Gasteiger partial charge in [0, 0.05) is 16.2 Å². The first-order valence-electron chi connectivity index (χ1n) is 6.93. The Kier molecular flexibility index (Phi) is 3.97. The first-order chi connectivity index (χ1) is 10.1. The van der Waals surface area contributed by atoms with Gasteiger partial charge in [-0.2, -0.15) is 0 Å². The van der Waals surface area contributed by atoms with Crippen LogP contribution in [-0.2, 0) is 0 Å². The fraction of sp³-hybridized carbons (Fsp3) is 0.235. The SMILES string of the molecule is Cc1ccc(C(=O)N[C@H]2CCSc3ccc(F)cc32)cc1. The lowest BCUT2D eigenvalue weighted by molar-refractivity contribution is 0.0935. The molecule has 108 valence electrons. The lowest BCUT2D eigenvalue weighted by atomic mass is 10.0. The molecule has 1 heterocycles. The quantitative estimate of drug-likeness (QED) is 0.904. The molecule has 0 spiro atoms. The van der Waals surface area contributed by atoms with Crippen molar-refractivity contribution in [3.05, 3.63) is 65.0 Å². The molecule has 2 aromatic carbocycles. The average molecular weight is 301 g/mol. The fourth-order valence-electron chi connectivity index (χ4n) is 2.46. The highest BCUT2D eigenvalue weighted by Crippen LogP contribution is 2.36. The Labute approximate surface area is 127 Å². The van der Waals surface area contributed by atoms with Crippen LogP contribution in [0.15, 0.2) is 47.4 Å². The number of amides is 1. The van der Waals surface area contributed by atoms with Crippen LogP contribution >= 0.6 is 11.8 Å². The third-order valence-electron chi connectivity index (χ3n) is 3.63. The van der Waals surface area contributed by atoms with Crippen molar-refractivity contribution in [2.75, 3.05) is 5.75 Å². The fourth-order valence-corrected chi connectivity index (χ4v) is 3.57. The highest BCUT2D eigenvalue weighted by molar-refractivity contribution is 7.99. The second-order valence-electron chi connectivity index (χ2n) is 5.21. The molecule has 3 rings (SSSR count). The van der Waals surface area contributed by atoms with E-state index in [1.54, 1.807) is 17.8 Å². The molecular formula is C17H16FNOS. The summed E-state index contributed by atoms with van der Waals surface area (Å²) in [6, 6.07) is 12.1. The predicted octanol–water partition coefficient (Wildman–Crippen LogP) is 4.10. The second-order valence-corrected chi connectivity index (χ2v) is 6.35. The summed E-state index contributed by atoms with van der Waals surface area (Å²) in [6.07, 6.45) is 0.818. The molecular weight excluding hydrogens is 285 g/mol. The summed E-state index contributed by atoms with van der Waals surface area (Å²) < 4.78 is 13.5. The molecule has 1 amide bonds. The molecule has 1 aliphatic rings. The van der Waals surface area contributed by atoms with E-state index in [1.807, 2.05) is 31.2 Å². The minimum atomic E-state index is -0.258. The van der Waals surface area contributed by atoms with Crippen molar-refractivity contribution in [1.29, 1.82) is 0 Å². The molecule has 1 aliphatic heterocycles. The van der Waals surface area contributed by atoms with Crippen molar-refractivity contribution in [2.45, 2.75) is 24.3 Å². The van der Waals surface area contributed by atoms with Crippen molar-refractivity contribution in [1.82, 2.24) is 5.32 Å². The first-order valence-corrected chi connectivity index (χ1v) is 7.92. The molecule has 0 radical (unpaired) electrons. The van der Waals surface area contributed by atoms with E-state index in [9.17, 15) is 9.18 Å². The van der Waals surface area contributed by atoms with Crippen LogP contribution < -0.4 is 5.32 Å². The maximum atomic E-state index is 13.5. The Morgan fingerprint density at radius 2 is 2.00 bits per heavy atom. The van der Waals surface area contributed by atoms with Crippen LogP contribution in [0.3, 0.4) is 0 Å². The number of carbonyl (C=O) groups is 1. The molecule has 2 aromatic rings. The van der Waals surface area contributed by atoms with Crippen LogP contribution in [0, 0.1) is 12.7 Å². The zero-order valence-electron chi connectivity index (χ0n) is 11.7.